The highest BCUT2D eigenvalue weighted by Gasteiger charge is 2.19. The topological polar surface area (TPSA) is 65.1 Å². The van der Waals surface area contributed by atoms with Gasteiger partial charge in [0.1, 0.15) is 5.69 Å². The standard InChI is InChI=1S/C14H18N2O2S/c1-9(13(8-17)19-2)15-14(18)12-7-10-5-3-4-6-11(10)16-12/h3-7,9,13,16-17H,8H2,1-2H3,(H,15,18). The number of rotatable bonds is 5. The quantitative estimate of drug-likeness (QED) is 0.784. The SMILES string of the molecule is CSC(CO)C(C)NC(=O)c1cc2ccccc2[nH]1. The van der Waals surface area contributed by atoms with Gasteiger partial charge < -0.3 is 15.4 Å². The van der Waals surface area contributed by atoms with Crippen LogP contribution >= 0.6 is 11.8 Å². The Morgan fingerprint density at radius 2 is 2.21 bits per heavy atom. The van der Waals surface area contributed by atoms with Crippen molar-refractivity contribution in [3.8, 4) is 0 Å². The second-order valence-electron chi connectivity index (χ2n) is 4.49. The summed E-state index contributed by atoms with van der Waals surface area (Å²) in [5.41, 5.74) is 1.50. The Bertz CT molecular complexity index is 530. The van der Waals surface area contributed by atoms with E-state index in [2.05, 4.69) is 10.3 Å². The van der Waals surface area contributed by atoms with Gasteiger partial charge in [-0.3, -0.25) is 4.79 Å². The smallest absolute Gasteiger partial charge is 0.267 e. The summed E-state index contributed by atoms with van der Waals surface area (Å²) in [5.74, 6) is -0.142. The minimum Gasteiger partial charge on any atom is -0.395 e. The number of nitrogens with one attached hydrogen (secondary N) is 2. The highest BCUT2D eigenvalue weighted by Crippen LogP contribution is 2.15. The Balaban J connectivity index is 2.11. The molecule has 102 valence electrons. The predicted molar refractivity (Wildman–Crippen MR) is 79.6 cm³/mol. The summed E-state index contributed by atoms with van der Waals surface area (Å²) in [7, 11) is 0. The van der Waals surface area contributed by atoms with Crippen molar-refractivity contribution in [2.24, 2.45) is 0 Å². The normalized spacial score (nSPS) is 14.3. The number of fused-ring (bicyclic) bond motifs is 1. The Morgan fingerprint density at radius 1 is 1.47 bits per heavy atom. The predicted octanol–water partition coefficient (Wildman–Crippen LogP) is 2.01. The van der Waals surface area contributed by atoms with E-state index in [-0.39, 0.29) is 23.8 Å². The van der Waals surface area contributed by atoms with Gasteiger partial charge in [-0.25, -0.2) is 0 Å². The molecule has 0 radical (unpaired) electrons. The molecule has 0 saturated heterocycles. The van der Waals surface area contributed by atoms with Gasteiger partial charge in [-0.05, 0) is 25.3 Å². The first-order valence-electron chi connectivity index (χ1n) is 6.18. The minimum absolute atomic E-state index is 0.00771. The molecule has 19 heavy (non-hydrogen) atoms. The molecule has 2 atom stereocenters. The maximum atomic E-state index is 12.1. The molecule has 1 aromatic carbocycles. The highest BCUT2D eigenvalue weighted by atomic mass is 32.2. The van der Waals surface area contributed by atoms with E-state index in [1.807, 2.05) is 43.5 Å². The van der Waals surface area contributed by atoms with Crippen LogP contribution in [0.5, 0.6) is 0 Å². The Kier molecular flexibility index (Phi) is 4.50. The van der Waals surface area contributed by atoms with Crippen LogP contribution in [-0.2, 0) is 0 Å². The van der Waals surface area contributed by atoms with E-state index in [4.69, 9.17) is 0 Å². The van der Waals surface area contributed by atoms with Gasteiger partial charge in [0.15, 0.2) is 0 Å². The van der Waals surface area contributed by atoms with Crippen LogP contribution in [0.25, 0.3) is 10.9 Å². The molecule has 1 amide bonds. The summed E-state index contributed by atoms with van der Waals surface area (Å²) >= 11 is 1.55. The molecule has 0 bridgehead atoms. The third kappa shape index (κ3) is 3.11. The zero-order valence-corrected chi connectivity index (χ0v) is 11.8. The van der Waals surface area contributed by atoms with Crippen molar-refractivity contribution in [3.63, 3.8) is 0 Å². The van der Waals surface area contributed by atoms with Crippen LogP contribution in [0, 0.1) is 0 Å². The molecule has 1 heterocycles. The van der Waals surface area contributed by atoms with Crippen LogP contribution in [0.1, 0.15) is 17.4 Å². The lowest BCUT2D eigenvalue weighted by molar-refractivity contribution is 0.0931. The fourth-order valence-electron chi connectivity index (χ4n) is 2.01. The second-order valence-corrected chi connectivity index (χ2v) is 5.57. The van der Waals surface area contributed by atoms with Crippen molar-refractivity contribution >= 4 is 28.6 Å². The Morgan fingerprint density at radius 3 is 2.84 bits per heavy atom. The molecule has 4 nitrogen and oxygen atoms in total. The molecular formula is C14H18N2O2S. The molecule has 1 aromatic heterocycles. The van der Waals surface area contributed by atoms with Crippen molar-refractivity contribution in [2.75, 3.05) is 12.9 Å². The lowest BCUT2D eigenvalue weighted by Crippen LogP contribution is -2.41. The van der Waals surface area contributed by atoms with Gasteiger partial charge in [-0.15, -0.1) is 0 Å². The average Bonchev–Trinajstić information content (AvgIpc) is 2.84. The van der Waals surface area contributed by atoms with E-state index < -0.39 is 0 Å². The van der Waals surface area contributed by atoms with Gasteiger partial charge in [-0.2, -0.15) is 11.8 Å². The van der Waals surface area contributed by atoms with E-state index in [9.17, 15) is 9.90 Å². The summed E-state index contributed by atoms with van der Waals surface area (Å²) in [5, 5.41) is 13.1. The number of benzene rings is 1. The van der Waals surface area contributed by atoms with Crippen LogP contribution in [0.4, 0.5) is 0 Å². The number of hydrogen-bond donors (Lipinski definition) is 3. The Labute approximate surface area is 116 Å². The van der Waals surface area contributed by atoms with Crippen LogP contribution in [0.15, 0.2) is 30.3 Å². The van der Waals surface area contributed by atoms with E-state index in [0.717, 1.165) is 10.9 Å². The van der Waals surface area contributed by atoms with Gasteiger partial charge in [0.2, 0.25) is 0 Å². The minimum atomic E-state index is -0.142. The first-order valence-corrected chi connectivity index (χ1v) is 7.46. The number of aromatic nitrogens is 1. The second kappa shape index (κ2) is 6.12. The third-order valence-corrected chi connectivity index (χ3v) is 4.34. The van der Waals surface area contributed by atoms with E-state index >= 15 is 0 Å². The molecule has 0 aliphatic heterocycles. The molecule has 0 fully saturated rings. The van der Waals surface area contributed by atoms with Crippen molar-refractivity contribution in [3.05, 3.63) is 36.0 Å². The number of amides is 1. The number of thioether (sulfide) groups is 1. The van der Waals surface area contributed by atoms with Crippen LogP contribution in [0.2, 0.25) is 0 Å². The monoisotopic (exact) mass is 278 g/mol. The lowest BCUT2D eigenvalue weighted by atomic mass is 10.2. The van der Waals surface area contributed by atoms with Crippen LogP contribution in [0.3, 0.4) is 0 Å². The number of carbonyl (C=O) groups excluding carboxylic acids is 1. The maximum absolute atomic E-state index is 12.1. The summed E-state index contributed by atoms with van der Waals surface area (Å²) in [6.45, 7) is 1.95. The number of carbonyl (C=O) groups is 1. The largest absolute Gasteiger partial charge is 0.395 e. The average molecular weight is 278 g/mol. The number of H-pyrrole nitrogens is 1. The number of hydrogen-bond acceptors (Lipinski definition) is 3. The number of aliphatic hydroxyl groups excluding tert-OH is 1. The first kappa shape index (κ1) is 14.0. The molecule has 2 unspecified atom stereocenters. The fraction of sp³-hybridized carbons (Fsp3) is 0.357. The number of aromatic amines is 1. The maximum Gasteiger partial charge on any atom is 0.267 e. The van der Waals surface area contributed by atoms with Gasteiger partial charge in [0, 0.05) is 22.2 Å². The van der Waals surface area contributed by atoms with Gasteiger partial charge in [0.05, 0.1) is 6.61 Å². The van der Waals surface area contributed by atoms with E-state index in [0.29, 0.717) is 5.69 Å². The van der Waals surface area contributed by atoms with E-state index in [1.54, 1.807) is 11.8 Å². The van der Waals surface area contributed by atoms with Gasteiger partial charge in [-0.1, -0.05) is 18.2 Å². The summed E-state index contributed by atoms with van der Waals surface area (Å²) < 4.78 is 0. The third-order valence-electron chi connectivity index (χ3n) is 3.17. The highest BCUT2D eigenvalue weighted by molar-refractivity contribution is 7.99. The van der Waals surface area contributed by atoms with Gasteiger partial charge in [0.25, 0.3) is 5.91 Å². The van der Waals surface area contributed by atoms with E-state index in [1.165, 1.54) is 0 Å². The van der Waals surface area contributed by atoms with Gasteiger partial charge >= 0.3 is 0 Å². The summed E-state index contributed by atoms with van der Waals surface area (Å²) in [6, 6.07) is 9.52. The van der Waals surface area contributed by atoms with Crippen LogP contribution < -0.4 is 5.32 Å². The number of para-hydroxylation sites is 1. The fourth-order valence-corrected chi connectivity index (χ4v) is 2.64. The molecule has 0 aliphatic carbocycles. The molecule has 3 N–H and O–H groups in total. The molecule has 2 aromatic rings. The molecule has 0 spiro atoms. The molecular weight excluding hydrogens is 260 g/mol. The summed E-state index contributed by atoms with van der Waals surface area (Å²) in [6.07, 6.45) is 1.92. The van der Waals surface area contributed by atoms with Crippen molar-refractivity contribution in [1.29, 1.82) is 0 Å². The van der Waals surface area contributed by atoms with Crippen molar-refractivity contribution in [2.45, 2.75) is 18.2 Å². The zero-order chi connectivity index (χ0) is 13.8. The summed E-state index contributed by atoms with van der Waals surface area (Å²) in [4.78, 5) is 15.2. The Hall–Kier alpha value is -1.46. The van der Waals surface area contributed by atoms with Crippen LogP contribution in [-0.4, -0.2) is 40.2 Å². The first-order chi connectivity index (χ1) is 9.15. The molecule has 0 aliphatic rings. The lowest BCUT2D eigenvalue weighted by Gasteiger charge is -2.20. The molecule has 0 saturated carbocycles. The molecule has 2 rings (SSSR count). The molecule has 5 heteroatoms. The van der Waals surface area contributed by atoms with Crippen molar-refractivity contribution < 1.29 is 9.90 Å². The van der Waals surface area contributed by atoms with Crippen molar-refractivity contribution in [1.82, 2.24) is 10.3 Å². The number of aliphatic hydroxyl groups is 1. The zero-order valence-electron chi connectivity index (χ0n) is 11.0.